The molecule has 0 aromatic heterocycles. The highest BCUT2D eigenvalue weighted by atomic mass is 32.2. The average molecular weight is 336 g/mol. The molecule has 6 heteroatoms. The molecular formula is C16H16O4S2. The van der Waals surface area contributed by atoms with Crippen molar-refractivity contribution in [1.29, 1.82) is 0 Å². The van der Waals surface area contributed by atoms with Crippen LogP contribution >= 0.6 is 0 Å². The number of hydrogen-bond acceptors (Lipinski definition) is 4. The molecule has 0 unspecified atom stereocenters. The van der Waals surface area contributed by atoms with E-state index in [1.54, 1.807) is 36.4 Å². The van der Waals surface area contributed by atoms with Crippen LogP contribution in [0, 0.1) is 0 Å². The topological polar surface area (TPSA) is 68.3 Å². The number of sulfone groups is 2. The summed E-state index contributed by atoms with van der Waals surface area (Å²) in [6, 6.07) is 16.1. The third kappa shape index (κ3) is 4.29. The van der Waals surface area contributed by atoms with Crippen molar-refractivity contribution in [2.24, 2.45) is 0 Å². The standard InChI is InChI=1S/C16H16O4S2/c17-21(18,15-9-3-1-4-10-15)13-7-8-14-22(19,20)16-11-5-2-6-12-16/h1-12H,13-14H2/b8-7+. The monoisotopic (exact) mass is 336 g/mol. The maximum Gasteiger partial charge on any atom is 0.181 e. The van der Waals surface area contributed by atoms with Crippen molar-refractivity contribution in [2.75, 3.05) is 11.5 Å². The van der Waals surface area contributed by atoms with Gasteiger partial charge in [0.05, 0.1) is 21.3 Å². The van der Waals surface area contributed by atoms with Crippen molar-refractivity contribution in [3.05, 3.63) is 72.8 Å². The lowest BCUT2D eigenvalue weighted by Gasteiger charge is -2.02. The zero-order valence-corrected chi connectivity index (χ0v) is 13.4. The van der Waals surface area contributed by atoms with Crippen molar-refractivity contribution in [3.63, 3.8) is 0 Å². The van der Waals surface area contributed by atoms with Crippen LogP contribution in [0.3, 0.4) is 0 Å². The van der Waals surface area contributed by atoms with Crippen LogP contribution in [0.4, 0.5) is 0 Å². The summed E-state index contributed by atoms with van der Waals surface area (Å²) >= 11 is 0. The Labute approximate surface area is 131 Å². The zero-order valence-electron chi connectivity index (χ0n) is 11.8. The molecular weight excluding hydrogens is 320 g/mol. The van der Waals surface area contributed by atoms with Crippen LogP contribution in [-0.2, 0) is 19.7 Å². The summed E-state index contributed by atoms with van der Waals surface area (Å²) < 4.78 is 48.1. The lowest BCUT2D eigenvalue weighted by Crippen LogP contribution is -2.07. The van der Waals surface area contributed by atoms with Crippen LogP contribution in [0.5, 0.6) is 0 Å². The molecule has 2 aromatic carbocycles. The summed E-state index contributed by atoms with van der Waals surface area (Å²) in [5.74, 6) is -0.442. The van der Waals surface area contributed by atoms with Gasteiger partial charge in [-0.3, -0.25) is 0 Å². The van der Waals surface area contributed by atoms with Gasteiger partial charge in [0, 0.05) is 0 Å². The lowest BCUT2D eigenvalue weighted by atomic mass is 10.4. The second kappa shape index (κ2) is 6.89. The van der Waals surface area contributed by atoms with Gasteiger partial charge in [-0.25, -0.2) is 16.8 Å². The lowest BCUT2D eigenvalue weighted by molar-refractivity contribution is 0.596. The molecule has 0 spiro atoms. The van der Waals surface area contributed by atoms with E-state index in [-0.39, 0.29) is 21.3 Å². The molecule has 0 aliphatic heterocycles. The Morgan fingerprint density at radius 1 is 0.591 bits per heavy atom. The quantitative estimate of drug-likeness (QED) is 0.760. The highest BCUT2D eigenvalue weighted by molar-refractivity contribution is 7.92. The summed E-state index contributed by atoms with van der Waals surface area (Å²) in [6.45, 7) is 0. The van der Waals surface area contributed by atoms with Crippen LogP contribution in [-0.4, -0.2) is 28.3 Å². The predicted octanol–water partition coefficient (Wildman–Crippen LogP) is 2.49. The number of rotatable bonds is 6. The van der Waals surface area contributed by atoms with Gasteiger partial charge in [-0.05, 0) is 24.3 Å². The molecule has 0 bridgehead atoms. The van der Waals surface area contributed by atoms with E-state index in [4.69, 9.17) is 0 Å². The zero-order chi connectivity index (χ0) is 16.1. The number of hydrogen-bond donors (Lipinski definition) is 0. The summed E-state index contributed by atoms with van der Waals surface area (Å²) in [5, 5.41) is 0. The minimum absolute atomic E-state index is 0.221. The van der Waals surface area contributed by atoms with E-state index < -0.39 is 19.7 Å². The maximum absolute atomic E-state index is 12.0. The Bertz CT molecular complexity index is 764. The van der Waals surface area contributed by atoms with E-state index in [2.05, 4.69) is 0 Å². The molecule has 0 aliphatic rings. The van der Waals surface area contributed by atoms with Crippen molar-refractivity contribution in [1.82, 2.24) is 0 Å². The minimum Gasteiger partial charge on any atom is -0.223 e. The fourth-order valence-electron chi connectivity index (χ4n) is 1.84. The Hall–Kier alpha value is -1.92. The molecule has 0 heterocycles. The first-order valence-corrected chi connectivity index (χ1v) is 9.93. The first-order chi connectivity index (χ1) is 10.4. The molecule has 116 valence electrons. The van der Waals surface area contributed by atoms with Crippen LogP contribution in [0.15, 0.2) is 82.6 Å². The molecule has 22 heavy (non-hydrogen) atoms. The van der Waals surface area contributed by atoms with E-state index in [9.17, 15) is 16.8 Å². The third-order valence-electron chi connectivity index (χ3n) is 3.00. The van der Waals surface area contributed by atoms with Crippen molar-refractivity contribution in [3.8, 4) is 0 Å². The molecule has 0 radical (unpaired) electrons. The van der Waals surface area contributed by atoms with Gasteiger partial charge in [0.25, 0.3) is 0 Å². The predicted molar refractivity (Wildman–Crippen MR) is 86.1 cm³/mol. The smallest absolute Gasteiger partial charge is 0.181 e. The van der Waals surface area contributed by atoms with E-state index >= 15 is 0 Å². The van der Waals surface area contributed by atoms with Crippen molar-refractivity contribution < 1.29 is 16.8 Å². The summed E-state index contributed by atoms with van der Waals surface area (Å²) in [5.41, 5.74) is 0. The summed E-state index contributed by atoms with van der Waals surface area (Å²) in [7, 11) is -6.85. The third-order valence-corrected chi connectivity index (χ3v) is 6.25. The average Bonchev–Trinajstić information content (AvgIpc) is 2.53. The second-order valence-electron chi connectivity index (χ2n) is 4.66. The molecule has 2 rings (SSSR count). The van der Waals surface area contributed by atoms with Gasteiger partial charge < -0.3 is 0 Å². The van der Waals surface area contributed by atoms with Crippen LogP contribution < -0.4 is 0 Å². The molecule has 2 aromatic rings. The summed E-state index contributed by atoms with van der Waals surface area (Å²) in [6.07, 6.45) is 2.76. The Kier molecular flexibility index (Phi) is 5.15. The largest absolute Gasteiger partial charge is 0.223 e. The van der Waals surface area contributed by atoms with Crippen molar-refractivity contribution >= 4 is 19.7 Å². The van der Waals surface area contributed by atoms with Gasteiger partial charge in [-0.2, -0.15) is 0 Å². The van der Waals surface area contributed by atoms with Crippen molar-refractivity contribution in [2.45, 2.75) is 9.79 Å². The van der Waals surface area contributed by atoms with Gasteiger partial charge in [-0.1, -0.05) is 48.6 Å². The Morgan fingerprint density at radius 2 is 0.909 bits per heavy atom. The van der Waals surface area contributed by atoms with Gasteiger partial charge in [-0.15, -0.1) is 0 Å². The second-order valence-corrected chi connectivity index (χ2v) is 8.73. The van der Waals surface area contributed by atoms with Crippen LogP contribution in [0.1, 0.15) is 0 Å². The maximum atomic E-state index is 12.0. The summed E-state index contributed by atoms with van der Waals surface area (Å²) in [4.78, 5) is 0.455. The molecule has 0 saturated heterocycles. The molecule has 0 amide bonds. The fraction of sp³-hybridized carbons (Fsp3) is 0.125. The highest BCUT2D eigenvalue weighted by Gasteiger charge is 2.13. The van der Waals surface area contributed by atoms with E-state index in [1.807, 2.05) is 0 Å². The van der Waals surface area contributed by atoms with Gasteiger partial charge in [0.15, 0.2) is 19.7 Å². The molecule has 0 atom stereocenters. The van der Waals surface area contributed by atoms with E-state index in [0.717, 1.165) is 0 Å². The molecule has 0 N–H and O–H groups in total. The van der Waals surface area contributed by atoms with E-state index in [0.29, 0.717) is 0 Å². The van der Waals surface area contributed by atoms with E-state index in [1.165, 1.54) is 36.4 Å². The first kappa shape index (κ1) is 16.5. The first-order valence-electron chi connectivity index (χ1n) is 6.62. The van der Waals surface area contributed by atoms with Gasteiger partial charge >= 0.3 is 0 Å². The molecule has 0 saturated carbocycles. The van der Waals surface area contributed by atoms with Gasteiger partial charge in [0.2, 0.25) is 0 Å². The molecule has 4 nitrogen and oxygen atoms in total. The minimum atomic E-state index is -3.42. The van der Waals surface area contributed by atoms with Crippen LogP contribution in [0.25, 0.3) is 0 Å². The molecule has 0 aliphatic carbocycles. The molecule has 0 fully saturated rings. The fourth-order valence-corrected chi connectivity index (χ4v) is 4.14. The van der Waals surface area contributed by atoms with Gasteiger partial charge in [0.1, 0.15) is 0 Å². The van der Waals surface area contributed by atoms with Crippen LogP contribution in [0.2, 0.25) is 0 Å². The Balaban J connectivity index is 2.02. The Morgan fingerprint density at radius 3 is 1.23 bits per heavy atom. The SMILES string of the molecule is O=S(=O)(C/C=C/CS(=O)(=O)c1ccccc1)c1ccccc1. The normalized spacial score (nSPS) is 12.5. The highest BCUT2D eigenvalue weighted by Crippen LogP contribution is 2.12. The number of benzene rings is 2.